The Morgan fingerprint density at radius 2 is 2.00 bits per heavy atom. The molecule has 5 rings (SSSR count). The van der Waals surface area contributed by atoms with E-state index < -0.39 is 0 Å². The highest BCUT2D eigenvalue weighted by molar-refractivity contribution is 5.63. The molecular formula is C24H33N. The van der Waals surface area contributed by atoms with E-state index in [2.05, 4.69) is 42.6 Å². The normalized spacial score (nSPS) is 39.5. The van der Waals surface area contributed by atoms with Crippen LogP contribution in [-0.2, 0) is 6.42 Å². The molecule has 1 N–H and O–H groups in total. The molecule has 1 nitrogen and oxygen atoms in total. The molecule has 4 aliphatic rings. The molecule has 2 saturated carbocycles. The van der Waals surface area contributed by atoms with Crippen molar-refractivity contribution in [2.45, 2.75) is 64.3 Å². The molecule has 6 atom stereocenters. The van der Waals surface area contributed by atoms with Crippen LogP contribution in [0, 0.1) is 29.6 Å². The predicted octanol–water partition coefficient (Wildman–Crippen LogP) is 5.46. The molecule has 6 unspecified atom stereocenters. The third kappa shape index (κ3) is 2.99. The van der Waals surface area contributed by atoms with Gasteiger partial charge < -0.3 is 5.32 Å². The molecular weight excluding hydrogens is 302 g/mol. The number of benzene rings is 1. The lowest BCUT2D eigenvalue weighted by atomic mass is 9.67. The van der Waals surface area contributed by atoms with E-state index in [0.717, 1.165) is 35.6 Å². The van der Waals surface area contributed by atoms with Gasteiger partial charge in [-0.2, -0.15) is 0 Å². The minimum Gasteiger partial charge on any atom is -0.314 e. The summed E-state index contributed by atoms with van der Waals surface area (Å²) in [6.45, 7) is 3.82. The number of allylic oxidation sites excluding steroid dienone is 1. The SMILES string of the molecule is CC1CC2CC3CCCNC3CC2C1CCC1=Cc2ccccc2C1. The van der Waals surface area contributed by atoms with Crippen LogP contribution in [0.15, 0.2) is 29.8 Å². The summed E-state index contributed by atoms with van der Waals surface area (Å²) < 4.78 is 0. The van der Waals surface area contributed by atoms with Crippen LogP contribution < -0.4 is 5.32 Å². The molecule has 25 heavy (non-hydrogen) atoms. The number of nitrogens with one attached hydrogen (secondary N) is 1. The second kappa shape index (κ2) is 6.58. The van der Waals surface area contributed by atoms with Crippen molar-refractivity contribution in [3.05, 3.63) is 41.0 Å². The molecule has 1 aromatic rings. The third-order valence-electron chi connectivity index (χ3n) is 8.05. The van der Waals surface area contributed by atoms with E-state index in [1.165, 1.54) is 63.5 Å². The van der Waals surface area contributed by atoms with Crippen molar-refractivity contribution in [1.82, 2.24) is 5.32 Å². The lowest BCUT2D eigenvalue weighted by Crippen LogP contribution is -2.47. The Labute approximate surface area is 153 Å². The summed E-state index contributed by atoms with van der Waals surface area (Å²) in [6, 6.07) is 9.81. The Morgan fingerprint density at radius 1 is 1.08 bits per heavy atom. The Bertz CT molecular complexity index is 660. The van der Waals surface area contributed by atoms with Gasteiger partial charge in [-0.3, -0.25) is 0 Å². The van der Waals surface area contributed by atoms with Crippen LogP contribution in [0.5, 0.6) is 0 Å². The van der Waals surface area contributed by atoms with Gasteiger partial charge >= 0.3 is 0 Å². The highest BCUT2D eigenvalue weighted by Gasteiger charge is 2.47. The van der Waals surface area contributed by atoms with Crippen LogP contribution in [-0.4, -0.2) is 12.6 Å². The Balaban J connectivity index is 1.24. The van der Waals surface area contributed by atoms with E-state index in [4.69, 9.17) is 0 Å². The molecule has 0 bridgehead atoms. The molecule has 3 fully saturated rings. The van der Waals surface area contributed by atoms with Crippen LogP contribution in [0.4, 0.5) is 0 Å². The van der Waals surface area contributed by atoms with E-state index in [-0.39, 0.29) is 0 Å². The topological polar surface area (TPSA) is 12.0 Å². The van der Waals surface area contributed by atoms with E-state index in [0.29, 0.717) is 0 Å². The molecule has 1 saturated heterocycles. The van der Waals surface area contributed by atoms with Gasteiger partial charge in [0.15, 0.2) is 0 Å². The summed E-state index contributed by atoms with van der Waals surface area (Å²) in [7, 11) is 0. The summed E-state index contributed by atoms with van der Waals surface area (Å²) in [5.74, 6) is 4.95. The first kappa shape index (κ1) is 16.1. The van der Waals surface area contributed by atoms with Crippen molar-refractivity contribution in [3.8, 4) is 0 Å². The lowest BCUT2D eigenvalue weighted by molar-refractivity contribution is 0.104. The molecule has 1 heteroatoms. The zero-order chi connectivity index (χ0) is 16.8. The first-order valence-corrected chi connectivity index (χ1v) is 10.8. The van der Waals surface area contributed by atoms with Gasteiger partial charge in [-0.25, -0.2) is 0 Å². The van der Waals surface area contributed by atoms with Gasteiger partial charge in [0.05, 0.1) is 0 Å². The van der Waals surface area contributed by atoms with Crippen LogP contribution >= 0.6 is 0 Å². The maximum atomic E-state index is 3.87. The molecule has 134 valence electrons. The number of rotatable bonds is 3. The maximum absolute atomic E-state index is 3.87. The van der Waals surface area contributed by atoms with Crippen molar-refractivity contribution < 1.29 is 0 Å². The molecule has 1 aromatic carbocycles. The van der Waals surface area contributed by atoms with E-state index in [9.17, 15) is 0 Å². The molecule has 0 spiro atoms. The van der Waals surface area contributed by atoms with Crippen molar-refractivity contribution >= 4 is 6.08 Å². The zero-order valence-corrected chi connectivity index (χ0v) is 15.7. The van der Waals surface area contributed by atoms with E-state index in [1.54, 1.807) is 11.1 Å². The van der Waals surface area contributed by atoms with Gasteiger partial charge in [-0.05, 0) is 98.6 Å². The molecule has 0 aromatic heterocycles. The molecule has 0 radical (unpaired) electrons. The molecule has 1 aliphatic heterocycles. The number of piperidine rings is 1. The fraction of sp³-hybridized carbons (Fsp3) is 0.667. The second-order valence-electron chi connectivity index (χ2n) is 9.45. The lowest BCUT2D eigenvalue weighted by Gasteiger charge is -2.43. The van der Waals surface area contributed by atoms with Crippen LogP contribution in [0.2, 0.25) is 0 Å². The zero-order valence-electron chi connectivity index (χ0n) is 15.7. The summed E-state index contributed by atoms with van der Waals surface area (Å²) in [4.78, 5) is 0. The van der Waals surface area contributed by atoms with Crippen molar-refractivity contribution in [2.24, 2.45) is 29.6 Å². The Morgan fingerprint density at radius 3 is 2.92 bits per heavy atom. The van der Waals surface area contributed by atoms with E-state index in [1.807, 2.05) is 0 Å². The van der Waals surface area contributed by atoms with Gasteiger partial charge in [-0.15, -0.1) is 0 Å². The quantitative estimate of drug-likeness (QED) is 0.774. The summed E-state index contributed by atoms with van der Waals surface area (Å²) in [6.07, 6.45) is 13.9. The predicted molar refractivity (Wildman–Crippen MR) is 105 cm³/mol. The fourth-order valence-corrected chi connectivity index (χ4v) is 6.86. The fourth-order valence-electron chi connectivity index (χ4n) is 6.86. The maximum Gasteiger partial charge on any atom is 0.00982 e. The van der Waals surface area contributed by atoms with E-state index >= 15 is 0 Å². The standard InChI is InChI=1S/C24H33N/c1-16-11-21-14-20-7-4-10-25-24(20)15-23(21)22(16)9-8-17-12-18-5-2-3-6-19(18)13-17/h2-3,5-6,12,16,20-25H,4,7-11,13-15H2,1H3. The van der Waals surface area contributed by atoms with Crippen molar-refractivity contribution in [3.63, 3.8) is 0 Å². The third-order valence-corrected chi connectivity index (χ3v) is 8.05. The number of fused-ring (bicyclic) bond motifs is 3. The highest BCUT2D eigenvalue weighted by atomic mass is 14.9. The molecule has 1 heterocycles. The largest absolute Gasteiger partial charge is 0.314 e. The summed E-state index contributed by atoms with van der Waals surface area (Å²) >= 11 is 0. The summed E-state index contributed by atoms with van der Waals surface area (Å²) in [5.41, 5.74) is 4.70. The summed E-state index contributed by atoms with van der Waals surface area (Å²) in [5, 5.41) is 3.87. The average molecular weight is 336 g/mol. The number of hydrogen-bond donors (Lipinski definition) is 1. The minimum atomic E-state index is 0.845. The number of hydrogen-bond acceptors (Lipinski definition) is 1. The average Bonchev–Trinajstić information content (AvgIpc) is 3.17. The monoisotopic (exact) mass is 335 g/mol. The second-order valence-corrected chi connectivity index (χ2v) is 9.45. The highest BCUT2D eigenvalue weighted by Crippen LogP contribution is 2.53. The van der Waals surface area contributed by atoms with Gasteiger partial charge in [0, 0.05) is 6.04 Å². The van der Waals surface area contributed by atoms with Gasteiger partial charge in [-0.1, -0.05) is 42.8 Å². The molecule has 3 aliphatic carbocycles. The minimum absolute atomic E-state index is 0.845. The smallest absolute Gasteiger partial charge is 0.00982 e. The Hall–Kier alpha value is -1.08. The van der Waals surface area contributed by atoms with Gasteiger partial charge in [0.1, 0.15) is 0 Å². The Kier molecular flexibility index (Phi) is 4.24. The van der Waals surface area contributed by atoms with Crippen LogP contribution in [0.3, 0.4) is 0 Å². The first-order chi connectivity index (χ1) is 12.3. The van der Waals surface area contributed by atoms with Crippen molar-refractivity contribution in [1.29, 1.82) is 0 Å². The van der Waals surface area contributed by atoms with Crippen LogP contribution in [0.25, 0.3) is 6.08 Å². The van der Waals surface area contributed by atoms with Crippen LogP contribution in [0.1, 0.15) is 63.0 Å². The van der Waals surface area contributed by atoms with Gasteiger partial charge in [0.2, 0.25) is 0 Å². The van der Waals surface area contributed by atoms with Crippen molar-refractivity contribution in [2.75, 3.05) is 6.54 Å². The molecule has 0 amide bonds. The first-order valence-electron chi connectivity index (χ1n) is 10.8. The van der Waals surface area contributed by atoms with Gasteiger partial charge in [0.25, 0.3) is 0 Å².